The summed E-state index contributed by atoms with van der Waals surface area (Å²) in [7, 11) is 1.41. The molecule has 0 heterocycles. The van der Waals surface area contributed by atoms with E-state index in [2.05, 4.69) is 98.9 Å². The minimum Gasteiger partial charge on any atom is -0.462 e. The molecule has 2 atom stereocenters. The van der Waals surface area contributed by atoms with E-state index in [0.29, 0.717) is 30.3 Å². The van der Waals surface area contributed by atoms with Crippen LogP contribution < -0.4 is 0 Å². The summed E-state index contributed by atoms with van der Waals surface area (Å²) in [5, 5.41) is 0. The van der Waals surface area contributed by atoms with Gasteiger partial charge in [-0.1, -0.05) is 150 Å². The quantitative estimate of drug-likeness (QED) is 0.0213. The number of esters is 2. The van der Waals surface area contributed by atoms with Gasteiger partial charge in [-0.05, 0) is 89.9 Å². The normalized spacial score (nSPS) is 14.3. The van der Waals surface area contributed by atoms with E-state index in [0.717, 1.165) is 57.8 Å². The molecule has 1 N–H and O–H groups in total. The Morgan fingerprint density at radius 1 is 0.517 bits per heavy atom. The van der Waals surface area contributed by atoms with E-state index in [1.807, 2.05) is 21.1 Å². The van der Waals surface area contributed by atoms with E-state index in [4.69, 9.17) is 18.5 Å². The third kappa shape index (κ3) is 44.7. The monoisotopic (exact) mass is 861 g/mol. The lowest BCUT2D eigenvalue weighted by Gasteiger charge is -2.24. The molecule has 0 saturated carbocycles. The minimum atomic E-state index is -4.40. The molecule has 0 fully saturated rings. The topological polar surface area (TPSA) is 108 Å². The number of ether oxygens (including phenoxy) is 2. The number of unbranched alkanes of at least 4 members (excludes halogenated alkanes) is 13. The van der Waals surface area contributed by atoms with Gasteiger partial charge in [-0.25, -0.2) is 4.57 Å². The number of phosphoric ester groups is 1. The smallest absolute Gasteiger partial charge is 0.462 e. The zero-order valence-corrected chi connectivity index (χ0v) is 39.6. The molecule has 0 spiro atoms. The largest absolute Gasteiger partial charge is 0.472 e. The lowest BCUT2D eigenvalue weighted by atomic mass is 10.1. The Morgan fingerprint density at radius 3 is 1.42 bits per heavy atom. The maximum Gasteiger partial charge on any atom is 0.472 e. The van der Waals surface area contributed by atoms with Crippen molar-refractivity contribution in [1.82, 2.24) is 0 Å². The summed E-state index contributed by atoms with van der Waals surface area (Å²) in [6, 6.07) is 0. The molecule has 0 aromatic rings. The number of carbonyl (C=O) groups excluding carboxylic acids is 2. The molecule has 0 radical (unpaired) electrons. The zero-order chi connectivity index (χ0) is 44.3. The number of phosphoric acid groups is 1. The number of likely N-dealkylation sites (N-methyl/N-ethyl adjacent to an activating group) is 1. The number of rotatable bonds is 41. The maximum atomic E-state index is 12.7. The second-order valence-corrected chi connectivity index (χ2v) is 17.9. The van der Waals surface area contributed by atoms with E-state index in [9.17, 15) is 19.0 Å². The molecule has 0 aliphatic carbocycles. The first-order valence-corrected chi connectivity index (χ1v) is 24.8. The molecule has 0 aliphatic rings. The molecule has 10 heteroatoms. The van der Waals surface area contributed by atoms with Gasteiger partial charge < -0.3 is 18.9 Å². The highest BCUT2D eigenvalue weighted by Crippen LogP contribution is 2.43. The molecular formula is C50H87NO8P+. The van der Waals surface area contributed by atoms with Crippen LogP contribution >= 0.6 is 7.82 Å². The highest BCUT2D eigenvalue weighted by molar-refractivity contribution is 7.47. The van der Waals surface area contributed by atoms with E-state index in [1.165, 1.54) is 64.2 Å². The van der Waals surface area contributed by atoms with Crippen molar-refractivity contribution >= 4 is 19.8 Å². The van der Waals surface area contributed by atoms with Gasteiger partial charge in [0.25, 0.3) is 0 Å². The molecule has 60 heavy (non-hydrogen) atoms. The number of nitrogens with zero attached hydrogens (tertiary/aromatic N) is 1. The molecule has 0 amide bonds. The summed E-state index contributed by atoms with van der Waals surface area (Å²) in [5.74, 6) is -0.903. The molecule has 0 aliphatic heterocycles. The minimum absolute atomic E-state index is 0.0127. The third-order valence-corrected chi connectivity index (χ3v) is 10.4. The van der Waals surface area contributed by atoms with Gasteiger partial charge in [0.1, 0.15) is 19.8 Å². The first-order chi connectivity index (χ1) is 29.0. The van der Waals surface area contributed by atoms with Crippen LogP contribution in [0.4, 0.5) is 0 Å². The van der Waals surface area contributed by atoms with Crippen LogP contribution in [0.2, 0.25) is 0 Å². The van der Waals surface area contributed by atoms with Gasteiger partial charge in [-0.3, -0.25) is 18.6 Å². The second kappa shape index (κ2) is 41.5. The van der Waals surface area contributed by atoms with Crippen molar-refractivity contribution in [1.29, 1.82) is 0 Å². The number of quaternary nitrogens is 1. The van der Waals surface area contributed by atoms with E-state index >= 15 is 0 Å². The zero-order valence-electron chi connectivity index (χ0n) is 38.7. The van der Waals surface area contributed by atoms with Crippen molar-refractivity contribution in [3.05, 3.63) is 85.1 Å². The molecule has 0 bridgehead atoms. The number of allylic oxidation sites excluding steroid dienone is 14. The summed E-state index contributed by atoms with van der Waals surface area (Å²) in [4.78, 5) is 35.4. The molecule has 0 rings (SSSR count). The van der Waals surface area contributed by atoms with Gasteiger partial charge in [0.15, 0.2) is 6.10 Å². The van der Waals surface area contributed by atoms with Crippen LogP contribution in [0.3, 0.4) is 0 Å². The first-order valence-electron chi connectivity index (χ1n) is 23.3. The molecule has 9 nitrogen and oxygen atoms in total. The highest BCUT2D eigenvalue weighted by atomic mass is 31.2. The average Bonchev–Trinajstić information content (AvgIpc) is 3.20. The lowest BCUT2D eigenvalue weighted by Crippen LogP contribution is -2.37. The van der Waals surface area contributed by atoms with Gasteiger partial charge in [-0.2, -0.15) is 0 Å². The van der Waals surface area contributed by atoms with Crippen LogP contribution in [0.25, 0.3) is 0 Å². The standard InChI is InChI=1S/C50H86NO8P/c1-6-8-10-12-14-16-18-20-22-24-25-27-28-30-32-34-36-38-40-42-49(52)56-46-48(47-58-60(54,55)57-45-44-51(3,4)5)59-50(53)43-41-39-37-35-33-31-29-26-23-21-19-17-15-13-11-9-7-2/h14,16,20-23,25,27,29-32,35,37,48H,6-13,15,17-19,24,26,28,33-34,36,38-47H2,1-5H3/p+1/b16-14-,22-20-,23-21-,27-25-,31-29-,32-30-,37-35-/t48-/m1/s1. The predicted molar refractivity (Wildman–Crippen MR) is 252 cm³/mol. The lowest BCUT2D eigenvalue weighted by molar-refractivity contribution is -0.870. The van der Waals surface area contributed by atoms with E-state index < -0.39 is 32.5 Å². The first kappa shape index (κ1) is 57.2. The van der Waals surface area contributed by atoms with Crippen LogP contribution in [0.1, 0.15) is 168 Å². The summed E-state index contributed by atoms with van der Waals surface area (Å²) in [6.07, 6.45) is 53.5. The van der Waals surface area contributed by atoms with Crippen LogP contribution in [0.15, 0.2) is 85.1 Å². The fourth-order valence-corrected chi connectivity index (χ4v) is 6.46. The fraction of sp³-hybridized carbons (Fsp3) is 0.680. The van der Waals surface area contributed by atoms with Gasteiger partial charge in [0.2, 0.25) is 0 Å². The Hall–Kier alpha value is -2.81. The van der Waals surface area contributed by atoms with Crippen LogP contribution in [0.5, 0.6) is 0 Å². The molecule has 0 aromatic carbocycles. The van der Waals surface area contributed by atoms with Crippen LogP contribution in [0, 0.1) is 0 Å². The predicted octanol–water partition coefficient (Wildman–Crippen LogP) is 13.6. The van der Waals surface area contributed by atoms with Gasteiger partial charge >= 0.3 is 19.8 Å². The molecule has 344 valence electrons. The highest BCUT2D eigenvalue weighted by Gasteiger charge is 2.27. The molecule has 0 saturated heterocycles. The van der Waals surface area contributed by atoms with Crippen LogP contribution in [-0.2, 0) is 32.7 Å². The number of hydrogen-bond acceptors (Lipinski definition) is 7. The van der Waals surface area contributed by atoms with Crippen molar-refractivity contribution < 1.29 is 42.1 Å². The summed E-state index contributed by atoms with van der Waals surface area (Å²) < 4.78 is 34.2. The maximum absolute atomic E-state index is 12.7. The fourth-order valence-electron chi connectivity index (χ4n) is 5.72. The Kier molecular flexibility index (Phi) is 39.6. The third-order valence-electron chi connectivity index (χ3n) is 9.40. The molecule has 1 unspecified atom stereocenters. The van der Waals surface area contributed by atoms with Crippen molar-refractivity contribution in [2.75, 3.05) is 47.5 Å². The Labute approximate surface area is 367 Å². The van der Waals surface area contributed by atoms with Crippen LogP contribution in [-0.4, -0.2) is 74.9 Å². The van der Waals surface area contributed by atoms with E-state index in [1.54, 1.807) is 0 Å². The number of hydrogen-bond donors (Lipinski definition) is 1. The Bertz CT molecular complexity index is 1290. The molecule has 0 aromatic heterocycles. The van der Waals surface area contributed by atoms with Gasteiger partial charge in [-0.15, -0.1) is 0 Å². The van der Waals surface area contributed by atoms with Crippen molar-refractivity contribution in [3.63, 3.8) is 0 Å². The summed E-state index contributed by atoms with van der Waals surface area (Å²) >= 11 is 0. The van der Waals surface area contributed by atoms with Crippen molar-refractivity contribution in [2.24, 2.45) is 0 Å². The second-order valence-electron chi connectivity index (χ2n) is 16.4. The summed E-state index contributed by atoms with van der Waals surface area (Å²) in [5.41, 5.74) is 0. The van der Waals surface area contributed by atoms with Gasteiger partial charge in [0, 0.05) is 12.8 Å². The van der Waals surface area contributed by atoms with E-state index in [-0.39, 0.29) is 26.1 Å². The molecular weight excluding hydrogens is 774 g/mol. The van der Waals surface area contributed by atoms with Crippen molar-refractivity contribution in [3.8, 4) is 0 Å². The average molecular weight is 861 g/mol. The van der Waals surface area contributed by atoms with Crippen molar-refractivity contribution in [2.45, 2.75) is 174 Å². The summed E-state index contributed by atoms with van der Waals surface area (Å²) in [6.45, 7) is 4.27. The Morgan fingerprint density at radius 2 is 0.917 bits per heavy atom. The number of carbonyl (C=O) groups is 2. The SMILES string of the molecule is CCCCC/C=C\C/C=C\C/C=C\C/C=C\CCCCCC(=O)OC[C@H](COP(=O)(O)OCC[N+](C)(C)C)OC(=O)CCC/C=C\C/C=C\C/C=C\CCCCCCCC. The Balaban J connectivity index is 4.49. The van der Waals surface area contributed by atoms with Gasteiger partial charge in [0.05, 0.1) is 27.7 Å².